The minimum absolute atomic E-state index is 0.310. The lowest BCUT2D eigenvalue weighted by atomic mass is 9.64. The van der Waals surface area contributed by atoms with E-state index in [0.717, 1.165) is 12.0 Å². The van der Waals surface area contributed by atoms with Gasteiger partial charge in [-0.15, -0.1) is 0 Å². The summed E-state index contributed by atoms with van der Waals surface area (Å²) in [5.41, 5.74) is 0.310. The summed E-state index contributed by atoms with van der Waals surface area (Å²) in [7, 11) is 1.85. The summed E-state index contributed by atoms with van der Waals surface area (Å²) in [6.07, 6.45) is 4.38. The molecule has 5 atom stereocenters. The Balaban J connectivity index is 1.57. The highest BCUT2D eigenvalue weighted by atomic mass is 16.5. The first-order valence-electron chi connectivity index (χ1n) is 7.12. The molecule has 17 heavy (non-hydrogen) atoms. The second-order valence-electron chi connectivity index (χ2n) is 6.75. The molecule has 1 aliphatic carbocycles. The fourth-order valence-electron chi connectivity index (χ4n) is 4.00. The van der Waals surface area contributed by atoms with Crippen molar-refractivity contribution in [1.82, 2.24) is 10.2 Å². The van der Waals surface area contributed by atoms with E-state index in [-0.39, 0.29) is 0 Å². The summed E-state index contributed by atoms with van der Waals surface area (Å²) < 4.78 is 5.53. The van der Waals surface area contributed by atoms with Crippen molar-refractivity contribution in [3.8, 4) is 0 Å². The van der Waals surface area contributed by atoms with Gasteiger partial charge < -0.3 is 15.0 Å². The van der Waals surface area contributed by atoms with E-state index in [2.05, 4.69) is 24.1 Å². The molecule has 0 aromatic carbocycles. The largest absolute Gasteiger partial charge is 0.381 e. The molecule has 2 saturated heterocycles. The molecule has 3 nitrogen and oxygen atoms in total. The molecule has 0 radical (unpaired) electrons. The summed E-state index contributed by atoms with van der Waals surface area (Å²) in [5.74, 6) is 0.904. The van der Waals surface area contributed by atoms with E-state index in [9.17, 15) is 0 Å². The van der Waals surface area contributed by atoms with E-state index in [0.29, 0.717) is 17.6 Å². The SMILES string of the molecule is COC1CC(NC2CCN3CCC2C3)C1(C)C. The van der Waals surface area contributed by atoms with Crippen LogP contribution >= 0.6 is 0 Å². The maximum Gasteiger partial charge on any atom is 0.0652 e. The molecule has 5 unspecified atom stereocenters. The van der Waals surface area contributed by atoms with E-state index in [1.54, 1.807) is 0 Å². The third kappa shape index (κ3) is 1.92. The van der Waals surface area contributed by atoms with E-state index in [1.165, 1.54) is 38.9 Å². The van der Waals surface area contributed by atoms with Gasteiger partial charge in [-0.05, 0) is 38.3 Å². The number of nitrogens with zero attached hydrogens (tertiary/aromatic N) is 1. The summed E-state index contributed by atoms with van der Waals surface area (Å²) in [5, 5.41) is 3.93. The minimum atomic E-state index is 0.310. The zero-order valence-corrected chi connectivity index (χ0v) is 11.4. The Kier molecular flexibility index (Phi) is 2.96. The van der Waals surface area contributed by atoms with Crippen LogP contribution in [0.15, 0.2) is 0 Å². The molecule has 98 valence electrons. The number of rotatable bonds is 3. The Morgan fingerprint density at radius 2 is 2.00 bits per heavy atom. The zero-order valence-electron chi connectivity index (χ0n) is 11.4. The molecule has 2 bridgehead atoms. The highest BCUT2D eigenvalue weighted by Crippen LogP contribution is 2.43. The lowest BCUT2D eigenvalue weighted by Gasteiger charge is -2.53. The molecule has 0 spiro atoms. The van der Waals surface area contributed by atoms with Crippen LogP contribution in [0.5, 0.6) is 0 Å². The van der Waals surface area contributed by atoms with Crippen molar-refractivity contribution in [1.29, 1.82) is 0 Å². The number of methoxy groups -OCH3 is 1. The predicted octanol–water partition coefficient (Wildman–Crippen LogP) is 1.48. The molecule has 3 fully saturated rings. The highest BCUT2D eigenvalue weighted by molar-refractivity contribution is 5.05. The van der Waals surface area contributed by atoms with Crippen molar-refractivity contribution in [2.24, 2.45) is 11.3 Å². The first-order valence-corrected chi connectivity index (χ1v) is 7.12. The van der Waals surface area contributed by atoms with E-state index < -0.39 is 0 Å². The van der Waals surface area contributed by atoms with Crippen LogP contribution in [0.1, 0.15) is 33.1 Å². The third-order valence-corrected chi connectivity index (χ3v) is 5.51. The number of hydrogen-bond acceptors (Lipinski definition) is 3. The Hall–Kier alpha value is -0.120. The standard InChI is InChI=1S/C14H26N2O/c1-14(2)12(8-13(14)17-3)15-11-5-7-16-6-4-10(11)9-16/h10-13,15H,4-9H2,1-3H3. The van der Waals surface area contributed by atoms with Gasteiger partial charge in [-0.3, -0.25) is 0 Å². The monoisotopic (exact) mass is 238 g/mol. The van der Waals surface area contributed by atoms with Gasteiger partial charge in [-0.25, -0.2) is 0 Å². The van der Waals surface area contributed by atoms with Gasteiger partial charge in [0.2, 0.25) is 0 Å². The van der Waals surface area contributed by atoms with Gasteiger partial charge in [0.05, 0.1) is 6.10 Å². The van der Waals surface area contributed by atoms with E-state index in [1.807, 2.05) is 7.11 Å². The Labute approximate surface area is 105 Å². The zero-order chi connectivity index (χ0) is 12.0. The molecule has 1 N–H and O–H groups in total. The van der Waals surface area contributed by atoms with Crippen LogP contribution < -0.4 is 5.32 Å². The number of hydrogen-bond donors (Lipinski definition) is 1. The van der Waals surface area contributed by atoms with Crippen LogP contribution in [0, 0.1) is 11.3 Å². The summed E-state index contributed by atoms with van der Waals surface area (Å²) in [4.78, 5) is 2.62. The third-order valence-electron chi connectivity index (χ3n) is 5.51. The van der Waals surface area contributed by atoms with E-state index >= 15 is 0 Å². The predicted molar refractivity (Wildman–Crippen MR) is 69.1 cm³/mol. The van der Waals surface area contributed by atoms with Crippen molar-refractivity contribution in [2.75, 3.05) is 26.7 Å². The highest BCUT2D eigenvalue weighted by Gasteiger charge is 2.50. The quantitative estimate of drug-likeness (QED) is 0.806. The van der Waals surface area contributed by atoms with Crippen molar-refractivity contribution in [3.63, 3.8) is 0 Å². The topological polar surface area (TPSA) is 24.5 Å². The molecule has 3 heteroatoms. The summed E-state index contributed by atoms with van der Waals surface area (Å²) in [6, 6.07) is 1.42. The first kappa shape index (κ1) is 11.9. The van der Waals surface area contributed by atoms with Gasteiger partial charge >= 0.3 is 0 Å². The maximum absolute atomic E-state index is 5.53. The molecule has 3 rings (SSSR count). The van der Waals surface area contributed by atoms with Crippen molar-refractivity contribution >= 4 is 0 Å². The van der Waals surface area contributed by atoms with Crippen molar-refractivity contribution < 1.29 is 4.74 Å². The number of piperidine rings is 1. The second kappa shape index (κ2) is 4.22. The van der Waals surface area contributed by atoms with Crippen LogP contribution in [0.25, 0.3) is 0 Å². The molecule has 0 aromatic heterocycles. The normalized spacial score (nSPS) is 47.8. The second-order valence-corrected chi connectivity index (χ2v) is 6.75. The van der Waals surface area contributed by atoms with E-state index in [4.69, 9.17) is 4.74 Å². The van der Waals surface area contributed by atoms with Gasteiger partial charge in [-0.1, -0.05) is 13.8 Å². The molecule has 2 aliphatic heterocycles. The average Bonchev–Trinajstić information content (AvgIpc) is 2.69. The fraction of sp³-hybridized carbons (Fsp3) is 1.00. The van der Waals surface area contributed by atoms with Crippen LogP contribution in [-0.4, -0.2) is 49.8 Å². The van der Waals surface area contributed by atoms with Gasteiger partial charge in [0, 0.05) is 31.2 Å². The van der Waals surface area contributed by atoms with Crippen LogP contribution in [0.2, 0.25) is 0 Å². The summed E-state index contributed by atoms with van der Waals surface area (Å²) in [6.45, 7) is 8.64. The lowest BCUT2D eigenvalue weighted by Crippen LogP contribution is -2.64. The Bertz CT molecular complexity index is 292. The molecule has 1 saturated carbocycles. The fourth-order valence-corrected chi connectivity index (χ4v) is 4.00. The summed E-state index contributed by atoms with van der Waals surface area (Å²) >= 11 is 0. The number of ether oxygens (including phenoxy) is 1. The Morgan fingerprint density at radius 1 is 1.24 bits per heavy atom. The maximum atomic E-state index is 5.53. The smallest absolute Gasteiger partial charge is 0.0652 e. The van der Waals surface area contributed by atoms with Crippen LogP contribution in [0.3, 0.4) is 0 Å². The van der Waals surface area contributed by atoms with Crippen molar-refractivity contribution in [3.05, 3.63) is 0 Å². The number of nitrogens with one attached hydrogen (secondary N) is 1. The van der Waals surface area contributed by atoms with Crippen LogP contribution in [-0.2, 0) is 4.74 Å². The average molecular weight is 238 g/mol. The van der Waals surface area contributed by atoms with Gasteiger partial charge in [0.15, 0.2) is 0 Å². The van der Waals surface area contributed by atoms with Gasteiger partial charge in [0.1, 0.15) is 0 Å². The van der Waals surface area contributed by atoms with Crippen LogP contribution in [0.4, 0.5) is 0 Å². The van der Waals surface area contributed by atoms with Gasteiger partial charge in [0.25, 0.3) is 0 Å². The molecule has 3 aliphatic rings. The molecule has 2 heterocycles. The molecule has 0 aromatic rings. The van der Waals surface area contributed by atoms with Crippen molar-refractivity contribution in [2.45, 2.75) is 51.3 Å². The lowest BCUT2D eigenvalue weighted by molar-refractivity contribution is -0.103. The minimum Gasteiger partial charge on any atom is -0.381 e. The first-order chi connectivity index (χ1) is 8.11. The van der Waals surface area contributed by atoms with Gasteiger partial charge in [-0.2, -0.15) is 0 Å². The molecular weight excluding hydrogens is 212 g/mol. The Morgan fingerprint density at radius 3 is 2.71 bits per heavy atom. The molecular formula is C14H26N2O. The molecule has 0 amide bonds. The number of fused-ring (bicyclic) bond motifs is 2.